The highest BCUT2D eigenvalue weighted by atomic mass is 16.5. The number of carboxylic acid groups (broad SMARTS) is 1. The van der Waals surface area contributed by atoms with Crippen LogP contribution in [0.3, 0.4) is 0 Å². The van der Waals surface area contributed by atoms with Crippen LogP contribution in [0.4, 0.5) is 0 Å². The molecule has 0 bridgehead atoms. The molecule has 0 heterocycles. The van der Waals surface area contributed by atoms with Crippen LogP contribution in [0.5, 0.6) is 0 Å². The van der Waals surface area contributed by atoms with E-state index in [1.54, 1.807) is 0 Å². The van der Waals surface area contributed by atoms with E-state index in [1.807, 2.05) is 0 Å². The molecular weight excluding hydrogens is 240 g/mol. The van der Waals surface area contributed by atoms with Crippen molar-refractivity contribution in [1.29, 1.82) is 0 Å². The van der Waals surface area contributed by atoms with Gasteiger partial charge in [0.25, 0.3) is 0 Å². The van der Waals surface area contributed by atoms with Crippen LogP contribution >= 0.6 is 0 Å². The Hall–Kier alpha value is -0.570. The summed E-state index contributed by atoms with van der Waals surface area (Å²) < 4.78 is 6.09. The maximum atomic E-state index is 10.4. The predicted octanol–water partition coefficient (Wildman–Crippen LogP) is 4.11. The minimum absolute atomic E-state index is 0.287. The van der Waals surface area contributed by atoms with E-state index in [0.29, 0.717) is 17.9 Å². The van der Waals surface area contributed by atoms with Crippen molar-refractivity contribution in [3.8, 4) is 0 Å². The van der Waals surface area contributed by atoms with Gasteiger partial charge in [-0.15, -0.1) is 0 Å². The van der Waals surface area contributed by atoms with Crippen LogP contribution in [0.2, 0.25) is 0 Å². The van der Waals surface area contributed by atoms with Gasteiger partial charge in [0.05, 0.1) is 6.10 Å². The van der Waals surface area contributed by atoms with Crippen LogP contribution in [0.1, 0.15) is 65.7 Å². The van der Waals surface area contributed by atoms with Gasteiger partial charge in [0.15, 0.2) is 0 Å². The fraction of sp³-hybridized carbons (Fsp3) is 0.938. The number of ether oxygens (including phenoxy) is 1. The summed E-state index contributed by atoms with van der Waals surface area (Å²) in [6.45, 7) is 7.70. The smallest absolute Gasteiger partial charge is 0.303 e. The third kappa shape index (κ3) is 6.42. The van der Waals surface area contributed by atoms with Crippen molar-refractivity contribution in [2.45, 2.75) is 71.8 Å². The van der Waals surface area contributed by atoms with Crippen LogP contribution in [0.15, 0.2) is 0 Å². The van der Waals surface area contributed by atoms with Crippen molar-refractivity contribution in [2.75, 3.05) is 6.61 Å². The second kappa shape index (κ2) is 8.57. The molecule has 1 aliphatic carbocycles. The molecule has 3 nitrogen and oxygen atoms in total. The molecule has 1 N–H and O–H groups in total. The molecule has 0 amide bonds. The lowest BCUT2D eigenvalue weighted by Gasteiger charge is -2.37. The van der Waals surface area contributed by atoms with Crippen LogP contribution in [0, 0.1) is 17.8 Å². The first kappa shape index (κ1) is 16.5. The highest BCUT2D eigenvalue weighted by Crippen LogP contribution is 2.35. The van der Waals surface area contributed by atoms with E-state index in [0.717, 1.165) is 31.8 Å². The molecule has 0 aromatic carbocycles. The summed E-state index contributed by atoms with van der Waals surface area (Å²) >= 11 is 0. The summed E-state index contributed by atoms with van der Waals surface area (Å²) in [4.78, 5) is 10.4. The van der Waals surface area contributed by atoms with Crippen molar-refractivity contribution in [3.05, 3.63) is 0 Å². The van der Waals surface area contributed by atoms with Gasteiger partial charge in [0.2, 0.25) is 0 Å². The Morgan fingerprint density at radius 2 is 2.00 bits per heavy atom. The Morgan fingerprint density at radius 1 is 1.26 bits per heavy atom. The van der Waals surface area contributed by atoms with E-state index in [-0.39, 0.29) is 6.42 Å². The summed E-state index contributed by atoms with van der Waals surface area (Å²) in [5.74, 6) is 1.49. The number of aliphatic carboxylic acids is 1. The second-order valence-corrected chi connectivity index (χ2v) is 6.44. The number of carbonyl (C=O) groups is 1. The molecule has 3 heteroatoms. The van der Waals surface area contributed by atoms with Crippen LogP contribution < -0.4 is 0 Å². The molecule has 0 aromatic heterocycles. The molecular formula is C16H30O3. The quantitative estimate of drug-likeness (QED) is 0.675. The molecule has 1 aliphatic rings. The fourth-order valence-electron chi connectivity index (χ4n) is 3.10. The lowest BCUT2D eigenvalue weighted by molar-refractivity contribution is -0.137. The van der Waals surface area contributed by atoms with E-state index in [9.17, 15) is 4.79 Å². The Balaban J connectivity index is 2.19. The molecule has 1 fully saturated rings. The zero-order valence-corrected chi connectivity index (χ0v) is 12.7. The third-order valence-electron chi connectivity index (χ3n) is 4.33. The van der Waals surface area contributed by atoms with E-state index in [2.05, 4.69) is 20.8 Å². The zero-order chi connectivity index (χ0) is 14.3. The molecule has 3 unspecified atom stereocenters. The maximum absolute atomic E-state index is 10.4. The average molecular weight is 270 g/mol. The van der Waals surface area contributed by atoms with Gasteiger partial charge in [-0.1, -0.05) is 33.6 Å². The molecule has 112 valence electrons. The minimum atomic E-state index is -0.693. The van der Waals surface area contributed by atoms with E-state index in [1.165, 1.54) is 19.3 Å². The zero-order valence-electron chi connectivity index (χ0n) is 12.7. The lowest BCUT2D eigenvalue weighted by atomic mass is 9.75. The van der Waals surface area contributed by atoms with Gasteiger partial charge in [-0.05, 0) is 43.4 Å². The Morgan fingerprint density at radius 3 is 2.63 bits per heavy atom. The van der Waals surface area contributed by atoms with Crippen molar-refractivity contribution in [2.24, 2.45) is 17.8 Å². The summed E-state index contributed by atoms with van der Waals surface area (Å²) in [5.41, 5.74) is 0. The normalized spacial score (nSPS) is 27.7. The van der Waals surface area contributed by atoms with Gasteiger partial charge < -0.3 is 9.84 Å². The molecule has 0 aromatic rings. The first-order valence-electron chi connectivity index (χ1n) is 7.84. The monoisotopic (exact) mass is 270 g/mol. The van der Waals surface area contributed by atoms with Gasteiger partial charge in [-0.25, -0.2) is 0 Å². The van der Waals surface area contributed by atoms with Crippen molar-refractivity contribution in [1.82, 2.24) is 0 Å². The Bertz CT molecular complexity index is 263. The summed E-state index contributed by atoms with van der Waals surface area (Å²) in [7, 11) is 0. The largest absolute Gasteiger partial charge is 0.481 e. The highest BCUT2D eigenvalue weighted by molar-refractivity contribution is 5.66. The standard InChI is InChI=1S/C16H30O3/c1-12(2)14-9-8-13(3)11-15(14)19-10-6-4-5-7-16(17)18/h12-15H,4-11H2,1-3H3,(H,17,18). The van der Waals surface area contributed by atoms with E-state index >= 15 is 0 Å². The van der Waals surface area contributed by atoms with Gasteiger partial charge in [-0.3, -0.25) is 4.79 Å². The summed E-state index contributed by atoms with van der Waals surface area (Å²) in [5, 5.41) is 8.57. The average Bonchev–Trinajstić information content (AvgIpc) is 2.33. The predicted molar refractivity (Wildman–Crippen MR) is 77.2 cm³/mol. The first-order chi connectivity index (χ1) is 9.00. The number of hydrogen-bond donors (Lipinski definition) is 1. The van der Waals surface area contributed by atoms with Crippen molar-refractivity contribution < 1.29 is 14.6 Å². The van der Waals surface area contributed by atoms with Crippen molar-refractivity contribution >= 4 is 5.97 Å². The molecule has 0 spiro atoms. The first-order valence-corrected chi connectivity index (χ1v) is 7.84. The van der Waals surface area contributed by atoms with E-state index < -0.39 is 5.97 Å². The number of rotatable bonds is 8. The summed E-state index contributed by atoms with van der Waals surface area (Å²) in [6, 6.07) is 0. The van der Waals surface area contributed by atoms with Gasteiger partial charge in [0.1, 0.15) is 0 Å². The molecule has 19 heavy (non-hydrogen) atoms. The van der Waals surface area contributed by atoms with E-state index in [4.69, 9.17) is 9.84 Å². The topological polar surface area (TPSA) is 46.5 Å². The number of unbranched alkanes of at least 4 members (excludes halogenated alkanes) is 2. The van der Waals surface area contributed by atoms with Crippen molar-refractivity contribution in [3.63, 3.8) is 0 Å². The Kier molecular flexibility index (Phi) is 7.44. The van der Waals surface area contributed by atoms with Crippen LogP contribution in [0.25, 0.3) is 0 Å². The Labute approximate surface area is 117 Å². The summed E-state index contributed by atoms with van der Waals surface area (Å²) in [6.07, 6.45) is 7.25. The molecule has 0 aliphatic heterocycles. The molecule has 0 saturated heterocycles. The SMILES string of the molecule is CC1CCC(C(C)C)C(OCCCCCC(=O)O)C1. The lowest BCUT2D eigenvalue weighted by Crippen LogP contribution is -2.34. The molecule has 0 radical (unpaired) electrons. The molecule has 3 atom stereocenters. The van der Waals surface area contributed by atoms with Crippen LogP contribution in [-0.4, -0.2) is 23.8 Å². The number of carboxylic acids is 1. The molecule has 1 rings (SSSR count). The maximum Gasteiger partial charge on any atom is 0.303 e. The van der Waals surface area contributed by atoms with Crippen LogP contribution in [-0.2, 0) is 9.53 Å². The fourth-order valence-corrected chi connectivity index (χ4v) is 3.10. The number of hydrogen-bond acceptors (Lipinski definition) is 2. The minimum Gasteiger partial charge on any atom is -0.481 e. The highest BCUT2D eigenvalue weighted by Gasteiger charge is 2.31. The second-order valence-electron chi connectivity index (χ2n) is 6.44. The van der Waals surface area contributed by atoms with Gasteiger partial charge in [0, 0.05) is 13.0 Å². The third-order valence-corrected chi connectivity index (χ3v) is 4.33. The van der Waals surface area contributed by atoms with Gasteiger partial charge >= 0.3 is 5.97 Å². The van der Waals surface area contributed by atoms with Gasteiger partial charge in [-0.2, -0.15) is 0 Å². The molecule has 1 saturated carbocycles.